The van der Waals surface area contributed by atoms with E-state index in [1.54, 1.807) is 0 Å². The normalized spacial score (nSPS) is 8.64. The smallest absolute Gasteiger partial charge is 0.523 e. The summed E-state index contributed by atoms with van der Waals surface area (Å²) in [4.78, 5) is 0. The maximum Gasteiger partial charge on any atom is 1.00 e. The molecule has 0 atom stereocenters. The van der Waals surface area contributed by atoms with E-state index < -0.39 is 11.6 Å². The van der Waals surface area contributed by atoms with Gasteiger partial charge in [-0.05, 0) is 0 Å². The average Bonchev–Trinajstić information content (AvgIpc) is 1.95. The number of benzene rings is 1. The van der Waals surface area contributed by atoms with E-state index in [2.05, 4.69) is 10.8 Å². The van der Waals surface area contributed by atoms with Crippen LogP contribution in [0, 0.1) is 17.7 Å². The average molecular weight is 150 g/mol. The third-order valence-electron chi connectivity index (χ3n) is 1.04. The van der Waals surface area contributed by atoms with Crippen molar-refractivity contribution in [2.24, 2.45) is 0 Å². The van der Waals surface area contributed by atoms with Gasteiger partial charge in [-0.15, -0.1) is 12.1 Å². The Morgan fingerprint density at radius 3 is 2.45 bits per heavy atom. The van der Waals surface area contributed by atoms with Crippen LogP contribution in [0.5, 0.6) is 5.75 Å². The molecule has 4 heteroatoms. The van der Waals surface area contributed by atoms with Crippen molar-refractivity contribution in [2.45, 2.75) is 0 Å². The molecule has 0 N–H and O–H groups in total. The Hall–Kier alpha value is -0.523. The first-order chi connectivity index (χ1) is 4.74. The predicted molar refractivity (Wildman–Crippen MR) is 31.7 cm³/mol. The van der Waals surface area contributed by atoms with E-state index >= 15 is 0 Å². The molecule has 0 spiro atoms. The Bertz CT molecular complexity index is 240. The zero-order valence-electron chi connectivity index (χ0n) is 6.32. The molecule has 1 nitrogen and oxygen atoms in total. The van der Waals surface area contributed by atoms with E-state index in [-0.39, 0.29) is 24.6 Å². The van der Waals surface area contributed by atoms with Gasteiger partial charge in [-0.1, -0.05) is 6.07 Å². The van der Waals surface area contributed by atoms with Gasteiger partial charge >= 0.3 is 18.9 Å². The summed E-state index contributed by atoms with van der Waals surface area (Å²) in [5, 5.41) is 0. The van der Waals surface area contributed by atoms with Crippen LogP contribution >= 0.6 is 0 Å². The van der Waals surface area contributed by atoms with Crippen LogP contribution in [0.3, 0.4) is 0 Å². The van der Waals surface area contributed by atoms with E-state index in [1.165, 1.54) is 13.2 Å². The van der Waals surface area contributed by atoms with Gasteiger partial charge in [0.15, 0.2) is 0 Å². The van der Waals surface area contributed by atoms with Crippen molar-refractivity contribution >= 4 is 0 Å². The molecule has 0 bridgehead atoms. The van der Waals surface area contributed by atoms with Crippen molar-refractivity contribution in [3.63, 3.8) is 0 Å². The van der Waals surface area contributed by atoms with Gasteiger partial charge in [0.25, 0.3) is 0 Å². The molecule has 0 aliphatic heterocycles. The van der Waals surface area contributed by atoms with Crippen LogP contribution in [0.1, 0.15) is 0 Å². The van der Waals surface area contributed by atoms with Gasteiger partial charge < -0.3 is 4.74 Å². The third kappa shape index (κ3) is 2.53. The number of methoxy groups -OCH3 is 1. The summed E-state index contributed by atoms with van der Waals surface area (Å²) < 4.78 is 29.0. The van der Waals surface area contributed by atoms with Crippen molar-refractivity contribution in [3.8, 4) is 5.75 Å². The minimum atomic E-state index is -1.01. The fraction of sp³-hybridized carbons (Fsp3) is 0.143. The second-order valence-electron chi connectivity index (χ2n) is 1.69. The molecule has 0 radical (unpaired) electrons. The standard InChI is InChI=1S/C7H5F2O.Li/c1-10-5-2-3-6(8)7(9)4-5;/h2-3H,1H3;/q-1;+1. The number of halogens is 2. The number of ether oxygens (including phenoxy) is 1. The van der Waals surface area contributed by atoms with Crippen LogP contribution in [0.25, 0.3) is 0 Å². The van der Waals surface area contributed by atoms with Crippen LogP contribution in [-0.2, 0) is 0 Å². The second-order valence-corrected chi connectivity index (χ2v) is 1.69. The summed E-state index contributed by atoms with van der Waals surface area (Å²) in [6, 6.07) is 4.36. The maximum absolute atomic E-state index is 12.3. The van der Waals surface area contributed by atoms with Gasteiger partial charge in [0, 0.05) is 17.4 Å². The van der Waals surface area contributed by atoms with Gasteiger partial charge in [-0.25, -0.2) is 4.39 Å². The fourth-order valence-corrected chi connectivity index (χ4v) is 0.551. The molecule has 54 valence electrons. The van der Waals surface area contributed by atoms with Crippen LogP contribution in [0.15, 0.2) is 12.1 Å². The van der Waals surface area contributed by atoms with E-state index in [0.717, 1.165) is 6.07 Å². The summed E-state index contributed by atoms with van der Waals surface area (Å²) in [7, 11) is 1.36. The van der Waals surface area contributed by atoms with Gasteiger partial charge in [0.2, 0.25) is 0 Å². The van der Waals surface area contributed by atoms with Crippen LogP contribution in [0.4, 0.5) is 8.78 Å². The molecular formula is C7H5F2LiO. The zero-order valence-corrected chi connectivity index (χ0v) is 6.32. The quantitative estimate of drug-likeness (QED) is 0.360. The molecule has 0 fully saturated rings. The van der Waals surface area contributed by atoms with E-state index in [4.69, 9.17) is 0 Å². The Balaban J connectivity index is 0.000001000. The van der Waals surface area contributed by atoms with Crippen molar-refractivity contribution < 1.29 is 32.4 Å². The Morgan fingerprint density at radius 2 is 2.00 bits per heavy atom. The molecule has 0 aliphatic rings. The third-order valence-corrected chi connectivity index (χ3v) is 1.04. The second kappa shape index (κ2) is 4.37. The largest absolute Gasteiger partial charge is 1.00 e. The molecule has 0 aliphatic carbocycles. The van der Waals surface area contributed by atoms with Crippen molar-refractivity contribution in [2.75, 3.05) is 7.11 Å². The minimum Gasteiger partial charge on any atom is -0.523 e. The monoisotopic (exact) mass is 150 g/mol. The number of rotatable bonds is 1. The SMILES string of the molecule is COc1[c-]c(F)c(F)cc1.[Li+]. The predicted octanol–water partition coefficient (Wildman–Crippen LogP) is -1.22. The molecule has 0 heterocycles. The van der Waals surface area contributed by atoms with Gasteiger partial charge in [-0.3, -0.25) is 4.39 Å². The van der Waals surface area contributed by atoms with E-state index in [1.807, 2.05) is 0 Å². The molecule has 0 unspecified atom stereocenters. The van der Waals surface area contributed by atoms with Crippen LogP contribution < -0.4 is 23.6 Å². The van der Waals surface area contributed by atoms with Crippen molar-refractivity contribution in [3.05, 3.63) is 29.8 Å². The molecule has 0 saturated heterocycles. The van der Waals surface area contributed by atoms with E-state index in [9.17, 15) is 8.78 Å². The summed E-state index contributed by atoms with van der Waals surface area (Å²) in [6.45, 7) is 0. The molecule has 1 aromatic carbocycles. The maximum atomic E-state index is 12.3. The topological polar surface area (TPSA) is 9.23 Å². The molecular weight excluding hydrogens is 145 g/mol. The molecule has 0 amide bonds. The number of hydrogen-bond acceptors (Lipinski definition) is 1. The Morgan fingerprint density at radius 1 is 1.36 bits per heavy atom. The first kappa shape index (κ1) is 10.5. The Kier molecular flexibility index (Phi) is 4.17. The number of hydrogen-bond donors (Lipinski definition) is 0. The van der Waals surface area contributed by atoms with Crippen molar-refractivity contribution in [1.82, 2.24) is 0 Å². The molecule has 0 aromatic heterocycles. The van der Waals surface area contributed by atoms with Gasteiger partial charge in [0.1, 0.15) is 0 Å². The summed E-state index contributed by atoms with van der Waals surface area (Å²) in [5.74, 6) is -1.74. The summed E-state index contributed by atoms with van der Waals surface area (Å²) >= 11 is 0. The van der Waals surface area contributed by atoms with Crippen LogP contribution in [-0.4, -0.2) is 7.11 Å². The Labute approximate surface area is 75.5 Å². The summed E-state index contributed by atoms with van der Waals surface area (Å²) in [5.41, 5.74) is 0. The van der Waals surface area contributed by atoms with Gasteiger partial charge in [-0.2, -0.15) is 0 Å². The molecule has 11 heavy (non-hydrogen) atoms. The molecule has 1 aromatic rings. The fourth-order valence-electron chi connectivity index (χ4n) is 0.551. The van der Waals surface area contributed by atoms with Gasteiger partial charge in [0.05, 0.1) is 7.11 Å². The van der Waals surface area contributed by atoms with Crippen molar-refractivity contribution in [1.29, 1.82) is 0 Å². The van der Waals surface area contributed by atoms with Crippen LogP contribution in [0.2, 0.25) is 0 Å². The summed E-state index contributed by atoms with van der Waals surface area (Å²) in [6.07, 6.45) is 0. The zero-order chi connectivity index (χ0) is 7.56. The van der Waals surface area contributed by atoms with E-state index in [0.29, 0.717) is 0 Å². The first-order valence-electron chi connectivity index (χ1n) is 2.65. The molecule has 1 rings (SSSR count). The minimum absolute atomic E-state index is 0. The first-order valence-corrected chi connectivity index (χ1v) is 2.65. The molecule has 0 saturated carbocycles.